The normalized spacial score (nSPS) is 20.2. The second-order valence-electron chi connectivity index (χ2n) is 6.81. The SMILES string of the molecule is O=C(S)[C@H]1Cc2c([nH]c3ccccc23)[C@@H](c2ccc3c(c2)OCO3)N1C(=O)[O-]. The van der Waals surface area contributed by atoms with E-state index in [1.807, 2.05) is 24.3 Å². The molecule has 3 heterocycles. The number of hydrogen-bond acceptors (Lipinski definition) is 5. The highest BCUT2D eigenvalue weighted by Crippen LogP contribution is 2.43. The zero-order valence-electron chi connectivity index (χ0n) is 14.5. The van der Waals surface area contributed by atoms with Gasteiger partial charge in [0, 0.05) is 23.0 Å². The minimum Gasteiger partial charge on any atom is -0.530 e. The smallest absolute Gasteiger partial charge is 0.231 e. The highest BCUT2D eigenvalue weighted by atomic mass is 32.1. The summed E-state index contributed by atoms with van der Waals surface area (Å²) in [6.07, 6.45) is -1.20. The van der Waals surface area contributed by atoms with E-state index >= 15 is 0 Å². The summed E-state index contributed by atoms with van der Waals surface area (Å²) < 4.78 is 10.8. The fraction of sp³-hybridized carbons (Fsp3) is 0.200. The second-order valence-corrected chi connectivity index (χ2v) is 7.25. The number of benzene rings is 2. The lowest BCUT2D eigenvalue weighted by Crippen LogP contribution is -2.54. The average molecular weight is 395 g/mol. The Morgan fingerprint density at radius 3 is 2.71 bits per heavy atom. The van der Waals surface area contributed by atoms with Crippen LogP contribution in [0.15, 0.2) is 42.5 Å². The molecular formula is C20H15N2O5S-. The number of ether oxygens (including phenoxy) is 2. The van der Waals surface area contributed by atoms with Crippen LogP contribution in [0.3, 0.4) is 0 Å². The Labute approximate surface area is 165 Å². The van der Waals surface area contributed by atoms with Crippen molar-refractivity contribution in [3.63, 3.8) is 0 Å². The topological polar surface area (TPSA) is 94.7 Å². The van der Waals surface area contributed by atoms with Crippen molar-refractivity contribution in [1.29, 1.82) is 0 Å². The van der Waals surface area contributed by atoms with Gasteiger partial charge in [0.05, 0.1) is 6.04 Å². The number of aromatic amines is 1. The molecule has 0 fully saturated rings. The first kappa shape index (κ1) is 17.0. The fourth-order valence-electron chi connectivity index (χ4n) is 4.13. The molecule has 7 nitrogen and oxygen atoms in total. The fourth-order valence-corrected chi connectivity index (χ4v) is 4.35. The summed E-state index contributed by atoms with van der Waals surface area (Å²) >= 11 is 3.95. The van der Waals surface area contributed by atoms with Gasteiger partial charge in [-0.2, -0.15) is 0 Å². The number of nitrogens with zero attached hydrogens (tertiary/aromatic N) is 1. The van der Waals surface area contributed by atoms with Gasteiger partial charge in [0.15, 0.2) is 11.5 Å². The molecule has 2 aliphatic rings. The summed E-state index contributed by atoms with van der Waals surface area (Å²) in [5, 5.41) is 12.5. The molecule has 0 aliphatic carbocycles. The lowest BCUT2D eigenvalue weighted by molar-refractivity contribution is -0.270. The molecule has 1 aromatic heterocycles. The number of carbonyl (C=O) groups is 2. The molecule has 0 radical (unpaired) electrons. The zero-order valence-corrected chi connectivity index (χ0v) is 15.4. The Balaban J connectivity index is 1.76. The highest BCUT2D eigenvalue weighted by Gasteiger charge is 2.40. The molecule has 5 rings (SSSR count). The van der Waals surface area contributed by atoms with E-state index in [1.54, 1.807) is 18.2 Å². The lowest BCUT2D eigenvalue weighted by Gasteiger charge is -2.42. The van der Waals surface area contributed by atoms with Crippen molar-refractivity contribution in [2.75, 3.05) is 6.79 Å². The van der Waals surface area contributed by atoms with Crippen molar-refractivity contribution in [3.05, 3.63) is 59.3 Å². The average Bonchev–Trinajstić information content (AvgIpc) is 3.29. The molecular weight excluding hydrogens is 380 g/mol. The number of H-pyrrole nitrogens is 1. The van der Waals surface area contributed by atoms with E-state index in [0.717, 1.165) is 27.1 Å². The van der Waals surface area contributed by atoms with Crippen molar-refractivity contribution in [3.8, 4) is 11.5 Å². The van der Waals surface area contributed by atoms with Crippen molar-refractivity contribution in [1.82, 2.24) is 9.88 Å². The van der Waals surface area contributed by atoms with Crippen molar-refractivity contribution in [2.24, 2.45) is 0 Å². The Hall–Kier alpha value is -3.13. The molecule has 2 aliphatic heterocycles. The van der Waals surface area contributed by atoms with Gasteiger partial charge in [-0.15, -0.1) is 12.6 Å². The number of rotatable bonds is 2. The number of hydrogen-bond donors (Lipinski definition) is 2. The van der Waals surface area contributed by atoms with Crippen LogP contribution in [0.25, 0.3) is 10.9 Å². The van der Waals surface area contributed by atoms with Gasteiger partial charge in [-0.25, -0.2) is 0 Å². The van der Waals surface area contributed by atoms with Crippen LogP contribution in [0.2, 0.25) is 0 Å². The van der Waals surface area contributed by atoms with Crippen LogP contribution in [0.4, 0.5) is 4.79 Å². The summed E-state index contributed by atoms with van der Waals surface area (Å²) in [6, 6.07) is 11.2. The summed E-state index contributed by atoms with van der Waals surface area (Å²) in [5.41, 5.74) is 3.16. The van der Waals surface area contributed by atoms with Crippen LogP contribution in [-0.2, 0) is 11.2 Å². The number of fused-ring (bicyclic) bond motifs is 4. The maximum absolute atomic E-state index is 12.2. The summed E-state index contributed by atoms with van der Waals surface area (Å²) in [4.78, 5) is 28.7. The number of aromatic nitrogens is 1. The first-order chi connectivity index (χ1) is 13.5. The van der Waals surface area contributed by atoms with E-state index in [2.05, 4.69) is 17.6 Å². The van der Waals surface area contributed by atoms with Gasteiger partial charge in [-0.05, 0) is 29.3 Å². The van der Waals surface area contributed by atoms with E-state index < -0.39 is 23.3 Å². The number of nitrogens with one attached hydrogen (secondary N) is 1. The quantitative estimate of drug-likeness (QED) is 0.648. The third-order valence-electron chi connectivity index (χ3n) is 5.34. The molecule has 0 spiro atoms. The van der Waals surface area contributed by atoms with Gasteiger partial charge in [-0.3, -0.25) is 4.79 Å². The summed E-state index contributed by atoms with van der Waals surface area (Å²) in [5.74, 6) is 1.13. The second kappa shape index (κ2) is 6.20. The molecule has 28 heavy (non-hydrogen) atoms. The maximum atomic E-state index is 12.2. The standard InChI is InChI=1S/C20H16N2O5S/c23-19(28)14-8-12-11-3-1-2-4-13(11)21-17(12)18(22(14)20(24)25)10-5-6-15-16(7-10)27-9-26-15/h1-7,14,18,21H,8-9H2,(H,23,28)(H,24,25)/p-1/t14-,18-/m1/s1. The van der Waals surface area contributed by atoms with Crippen LogP contribution in [0.5, 0.6) is 11.5 Å². The van der Waals surface area contributed by atoms with Crippen LogP contribution < -0.4 is 14.6 Å². The molecule has 0 saturated carbocycles. The maximum Gasteiger partial charge on any atom is 0.231 e. The van der Waals surface area contributed by atoms with Gasteiger partial charge in [0.25, 0.3) is 0 Å². The monoisotopic (exact) mass is 395 g/mol. The number of para-hydroxylation sites is 1. The van der Waals surface area contributed by atoms with Gasteiger partial charge in [0.2, 0.25) is 11.9 Å². The molecule has 3 aromatic rings. The molecule has 2 aromatic carbocycles. The van der Waals surface area contributed by atoms with Crippen molar-refractivity contribution in [2.45, 2.75) is 18.5 Å². The highest BCUT2D eigenvalue weighted by molar-refractivity contribution is 7.96. The van der Waals surface area contributed by atoms with Crippen LogP contribution in [0, 0.1) is 0 Å². The van der Waals surface area contributed by atoms with Gasteiger partial charge < -0.3 is 29.3 Å². The summed E-state index contributed by atoms with van der Waals surface area (Å²) in [6.45, 7) is 0.114. The lowest BCUT2D eigenvalue weighted by atomic mass is 9.88. The number of thiol groups is 1. The van der Waals surface area contributed by atoms with Gasteiger partial charge >= 0.3 is 0 Å². The molecule has 2 atom stereocenters. The molecule has 0 bridgehead atoms. The molecule has 0 unspecified atom stereocenters. The first-order valence-corrected chi connectivity index (χ1v) is 9.20. The largest absolute Gasteiger partial charge is 0.530 e. The summed E-state index contributed by atoms with van der Waals surface area (Å²) in [7, 11) is 0. The van der Waals surface area contributed by atoms with Crippen LogP contribution in [0.1, 0.15) is 22.9 Å². The number of carboxylic acid groups (broad SMARTS) is 1. The first-order valence-electron chi connectivity index (χ1n) is 8.75. The van der Waals surface area contributed by atoms with Crippen molar-refractivity contribution < 1.29 is 24.2 Å². The van der Waals surface area contributed by atoms with Gasteiger partial charge in [-0.1, -0.05) is 24.3 Å². The number of carbonyl (C=O) groups excluding carboxylic acids is 2. The van der Waals surface area contributed by atoms with Crippen molar-refractivity contribution >= 4 is 34.7 Å². The van der Waals surface area contributed by atoms with Crippen LogP contribution in [-0.4, -0.2) is 33.9 Å². The molecule has 142 valence electrons. The Morgan fingerprint density at radius 2 is 1.93 bits per heavy atom. The predicted molar refractivity (Wildman–Crippen MR) is 101 cm³/mol. The zero-order chi connectivity index (χ0) is 19.4. The minimum absolute atomic E-state index is 0.114. The van der Waals surface area contributed by atoms with E-state index in [9.17, 15) is 14.7 Å². The molecule has 1 amide bonds. The predicted octanol–water partition coefficient (Wildman–Crippen LogP) is 2.01. The molecule has 0 saturated heterocycles. The van der Waals surface area contributed by atoms with E-state index in [-0.39, 0.29) is 13.2 Å². The minimum atomic E-state index is -1.43. The van der Waals surface area contributed by atoms with E-state index in [4.69, 9.17) is 9.47 Å². The Morgan fingerprint density at radius 1 is 1.14 bits per heavy atom. The van der Waals surface area contributed by atoms with Crippen LogP contribution >= 0.6 is 12.6 Å². The molecule has 1 N–H and O–H groups in total. The van der Waals surface area contributed by atoms with E-state index in [1.165, 1.54) is 0 Å². The molecule has 8 heteroatoms. The number of amides is 1. The third-order valence-corrected chi connectivity index (χ3v) is 5.64. The van der Waals surface area contributed by atoms with Gasteiger partial charge in [0.1, 0.15) is 12.1 Å². The Bertz CT molecular complexity index is 1120. The van der Waals surface area contributed by atoms with E-state index in [0.29, 0.717) is 17.1 Å². The third kappa shape index (κ3) is 2.45. The Kier molecular flexibility index (Phi) is 3.77.